The fourth-order valence-electron chi connectivity index (χ4n) is 6.51. The van der Waals surface area contributed by atoms with Crippen LogP contribution in [0.25, 0.3) is 11.6 Å². The fourth-order valence-corrected chi connectivity index (χ4v) is 6.51. The number of fused-ring (bicyclic) bond motifs is 3. The van der Waals surface area contributed by atoms with Gasteiger partial charge in [-0.3, -0.25) is 28.9 Å². The number of hydrogen-bond acceptors (Lipinski definition) is 9. The van der Waals surface area contributed by atoms with Gasteiger partial charge in [-0.15, -0.1) is 0 Å². The summed E-state index contributed by atoms with van der Waals surface area (Å²) in [6.07, 6.45) is -0.0746. The van der Waals surface area contributed by atoms with Crippen molar-refractivity contribution in [3.05, 3.63) is 64.7 Å². The maximum atomic E-state index is 14.1. The minimum absolute atomic E-state index is 0.186. The summed E-state index contributed by atoms with van der Waals surface area (Å²) >= 11 is 0. The van der Waals surface area contributed by atoms with Crippen LogP contribution in [0.2, 0.25) is 0 Å². The smallest absolute Gasteiger partial charge is 0.235 e. The first-order chi connectivity index (χ1) is 18.3. The largest absolute Gasteiger partial charge is 0.507 e. The van der Waals surface area contributed by atoms with Crippen LogP contribution in [0, 0.1) is 30.6 Å². The first-order valence-electron chi connectivity index (χ1n) is 12.5. The Bertz CT molecular complexity index is 1480. The molecule has 3 aliphatic carbocycles. The monoisotopic (exact) mass is 532 g/mol. The molecule has 5 rings (SSSR count). The van der Waals surface area contributed by atoms with Crippen LogP contribution in [0.15, 0.2) is 42.5 Å². The van der Waals surface area contributed by atoms with Crippen molar-refractivity contribution in [2.24, 2.45) is 29.4 Å². The zero-order valence-electron chi connectivity index (χ0n) is 21.5. The number of ketones is 4. The summed E-state index contributed by atoms with van der Waals surface area (Å²) in [7, 11) is 2.89. The summed E-state index contributed by atoms with van der Waals surface area (Å²) in [6, 6.07) is 10.2. The number of nitrogens with zero attached hydrogens (tertiary/aromatic N) is 1. The molecule has 0 bridgehead atoms. The SMILES string of the molecule is Cc1ccc(C=C2c3cccc(O)c3C(=O)C3C(=O)[C@]4(O)C(=O)C(C(N)=O)C(=O)[C@@H](N(C)C)[C@@H]4[C@@H](O)[C@H]23)cc1. The Morgan fingerprint density at radius 2 is 1.67 bits per heavy atom. The Morgan fingerprint density at radius 3 is 2.26 bits per heavy atom. The van der Waals surface area contributed by atoms with Crippen molar-refractivity contribution in [1.29, 1.82) is 0 Å². The predicted octanol–water partition coefficient (Wildman–Crippen LogP) is 0.144. The zero-order valence-corrected chi connectivity index (χ0v) is 21.5. The van der Waals surface area contributed by atoms with Crippen molar-refractivity contribution in [2.75, 3.05) is 14.1 Å². The molecule has 2 saturated carbocycles. The topological polar surface area (TPSA) is 175 Å². The predicted molar refractivity (Wildman–Crippen MR) is 138 cm³/mol. The lowest BCUT2D eigenvalue weighted by Gasteiger charge is -2.55. The molecule has 39 heavy (non-hydrogen) atoms. The van der Waals surface area contributed by atoms with E-state index < -0.39 is 76.2 Å². The molecule has 0 heterocycles. The van der Waals surface area contributed by atoms with Gasteiger partial charge in [0.2, 0.25) is 5.91 Å². The van der Waals surface area contributed by atoms with Crippen LogP contribution < -0.4 is 5.73 Å². The number of primary amides is 1. The van der Waals surface area contributed by atoms with Gasteiger partial charge in [-0.25, -0.2) is 0 Å². The third-order valence-electron chi connectivity index (χ3n) is 8.27. The molecule has 10 heteroatoms. The summed E-state index contributed by atoms with van der Waals surface area (Å²) in [5, 5.41) is 34.2. The molecule has 0 radical (unpaired) electrons. The van der Waals surface area contributed by atoms with Gasteiger partial charge in [-0.05, 0) is 43.8 Å². The highest BCUT2D eigenvalue weighted by atomic mass is 16.3. The highest BCUT2D eigenvalue weighted by molar-refractivity contribution is 6.33. The van der Waals surface area contributed by atoms with E-state index in [0.29, 0.717) is 11.1 Å². The Morgan fingerprint density at radius 1 is 1.03 bits per heavy atom. The first-order valence-corrected chi connectivity index (χ1v) is 12.5. The summed E-state index contributed by atoms with van der Waals surface area (Å²) in [6.45, 7) is 1.90. The number of phenols is 1. The molecule has 2 aromatic carbocycles. The number of aliphatic hydroxyl groups excluding tert-OH is 1. The zero-order chi connectivity index (χ0) is 28.5. The molecule has 3 aliphatic rings. The normalized spacial score (nSPS) is 33.1. The van der Waals surface area contributed by atoms with Crippen LogP contribution in [0.4, 0.5) is 0 Å². The van der Waals surface area contributed by atoms with Gasteiger partial charge in [0.1, 0.15) is 5.75 Å². The maximum absolute atomic E-state index is 14.1. The van der Waals surface area contributed by atoms with Crippen LogP contribution in [-0.2, 0) is 19.2 Å². The fraction of sp³-hybridized carbons (Fsp3) is 0.345. The summed E-state index contributed by atoms with van der Waals surface area (Å²) < 4.78 is 0. The Hall–Kier alpha value is -3.99. The number of Topliss-reactive ketones (excluding diaryl/α,β-unsaturated/α-hetero) is 4. The molecule has 2 aromatic rings. The van der Waals surface area contributed by atoms with Gasteiger partial charge in [0.25, 0.3) is 0 Å². The standard InChI is InChI=1S/C29H28N2O8/c1-12-7-9-13(10-8-12)11-15-14-5-4-6-16(32)17(14)23(33)19-18(15)24(34)21-22(31(2)3)25(35)20(28(30)38)27(37)29(21,39)26(19)36/h4-11,18-22,24,32,34,39H,1-3H3,(H2,30,38)/t18-,19?,20?,21-,22+,24+,29+/m1/s1. The number of aliphatic hydroxyl groups is 2. The van der Waals surface area contributed by atoms with Crippen LogP contribution in [0.3, 0.4) is 0 Å². The van der Waals surface area contributed by atoms with Gasteiger partial charge < -0.3 is 21.1 Å². The van der Waals surface area contributed by atoms with E-state index in [-0.39, 0.29) is 11.1 Å². The van der Waals surface area contributed by atoms with Crippen LogP contribution >= 0.6 is 0 Å². The lowest BCUT2D eigenvalue weighted by molar-refractivity contribution is -0.192. The Labute approximate surface area is 223 Å². The number of phenolic OH excluding ortho intramolecular Hbond substituents is 1. The summed E-state index contributed by atoms with van der Waals surface area (Å²) in [4.78, 5) is 68.1. The van der Waals surface area contributed by atoms with Gasteiger partial charge in [0.05, 0.1) is 29.5 Å². The van der Waals surface area contributed by atoms with Crippen molar-refractivity contribution in [3.8, 4) is 5.75 Å². The van der Waals surface area contributed by atoms with E-state index in [1.54, 1.807) is 24.3 Å². The van der Waals surface area contributed by atoms with E-state index in [2.05, 4.69) is 0 Å². The van der Waals surface area contributed by atoms with Crippen molar-refractivity contribution < 1.29 is 39.3 Å². The van der Waals surface area contributed by atoms with E-state index in [0.717, 1.165) is 5.56 Å². The Kier molecular flexibility index (Phi) is 6.17. The van der Waals surface area contributed by atoms with E-state index in [4.69, 9.17) is 5.73 Å². The third kappa shape index (κ3) is 3.63. The average molecular weight is 533 g/mol. The molecule has 0 aliphatic heterocycles. The lowest BCUT2D eigenvalue weighted by Crippen LogP contribution is -2.77. The number of aromatic hydroxyl groups is 1. The number of carbonyl (C=O) groups excluding carboxylic acids is 5. The second kappa shape index (κ2) is 9.04. The molecule has 0 aromatic heterocycles. The lowest BCUT2D eigenvalue weighted by atomic mass is 9.50. The molecule has 2 unspecified atom stereocenters. The third-order valence-corrected chi connectivity index (χ3v) is 8.27. The molecule has 2 fully saturated rings. The molecule has 0 saturated heterocycles. The number of likely N-dealkylation sites (N-methyl/N-ethyl adjacent to an activating group) is 1. The van der Waals surface area contributed by atoms with Crippen molar-refractivity contribution in [1.82, 2.24) is 4.90 Å². The first kappa shape index (κ1) is 26.6. The van der Waals surface area contributed by atoms with Gasteiger partial charge in [-0.2, -0.15) is 0 Å². The number of nitrogens with two attached hydrogens (primary N) is 1. The molecular weight excluding hydrogens is 504 g/mol. The van der Waals surface area contributed by atoms with E-state index in [1.165, 1.54) is 31.1 Å². The molecular formula is C29H28N2O8. The molecule has 202 valence electrons. The highest BCUT2D eigenvalue weighted by Gasteiger charge is 2.72. The summed E-state index contributed by atoms with van der Waals surface area (Å²) in [5.41, 5.74) is 4.38. The molecule has 5 N–H and O–H groups in total. The number of benzene rings is 2. The maximum Gasteiger partial charge on any atom is 0.235 e. The van der Waals surface area contributed by atoms with E-state index >= 15 is 0 Å². The molecule has 0 spiro atoms. The second-order valence-corrected chi connectivity index (χ2v) is 10.7. The quantitative estimate of drug-likeness (QED) is 0.401. The van der Waals surface area contributed by atoms with Crippen molar-refractivity contribution in [2.45, 2.75) is 24.7 Å². The van der Waals surface area contributed by atoms with Crippen molar-refractivity contribution >= 4 is 40.7 Å². The Balaban J connectivity index is 1.79. The minimum atomic E-state index is -3.05. The van der Waals surface area contributed by atoms with Crippen LogP contribution in [0.5, 0.6) is 5.75 Å². The number of aryl methyl sites for hydroxylation is 1. The van der Waals surface area contributed by atoms with Gasteiger partial charge in [-0.1, -0.05) is 48.0 Å². The van der Waals surface area contributed by atoms with Crippen LogP contribution in [0.1, 0.15) is 27.0 Å². The van der Waals surface area contributed by atoms with Gasteiger partial charge in [0.15, 0.2) is 34.7 Å². The highest BCUT2D eigenvalue weighted by Crippen LogP contribution is 2.54. The average Bonchev–Trinajstić information content (AvgIpc) is 2.86. The van der Waals surface area contributed by atoms with Gasteiger partial charge in [0, 0.05) is 5.92 Å². The molecule has 7 atom stereocenters. The number of amides is 1. The summed E-state index contributed by atoms with van der Waals surface area (Å²) in [5.74, 6) is -13.1. The van der Waals surface area contributed by atoms with Crippen molar-refractivity contribution in [3.63, 3.8) is 0 Å². The number of carbonyl (C=O) groups is 5. The van der Waals surface area contributed by atoms with Crippen LogP contribution in [-0.4, -0.2) is 81.1 Å². The molecule has 1 amide bonds. The molecule has 10 nitrogen and oxygen atoms in total. The van der Waals surface area contributed by atoms with E-state index in [1.807, 2.05) is 19.1 Å². The van der Waals surface area contributed by atoms with Gasteiger partial charge >= 0.3 is 0 Å². The van der Waals surface area contributed by atoms with E-state index in [9.17, 15) is 39.3 Å². The minimum Gasteiger partial charge on any atom is -0.507 e. The number of rotatable bonds is 3. The second-order valence-electron chi connectivity index (χ2n) is 10.7. The number of hydrogen-bond donors (Lipinski definition) is 4.